The third-order valence-corrected chi connectivity index (χ3v) is 5.26. The molecule has 0 atom stereocenters. The van der Waals surface area contributed by atoms with Gasteiger partial charge in [0, 0.05) is 10.9 Å². The predicted octanol–water partition coefficient (Wildman–Crippen LogP) is 5.47. The third kappa shape index (κ3) is 2.86. The summed E-state index contributed by atoms with van der Waals surface area (Å²) in [5.74, 6) is 0.912. The lowest BCUT2D eigenvalue weighted by Gasteiger charge is -2.02. The lowest BCUT2D eigenvalue weighted by Crippen LogP contribution is -1.94. The van der Waals surface area contributed by atoms with Crippen molar-refractivity contribution in [1.82, 2.24) is 19.6 Å². The molecule has 3 heterocycles. The molecule has 0 aliphatic rings. The highest BCUT2D eigenvalue weighted by atomic mass is 32.1. The van der Waals surface area contributed by atoms with Crippen molar-refractivity contribution < 1.29 is 4.42 Å². The highest BCUT2D eigenvalue weighted by Crippen LogP contribution is 2.28. The van der Waals surface area contributed by atoms with Crippen LogP contribution in [0.2, 0.25) is 0 Å². The Morgan fingerprint density at radius 1 is 1.07 bits per heavy atom. The number of aromatic nitrogens is 4. The van der Waals surface area contributed by atoms with Crippen LogP contribution in [-0.2, 0) is 0 Å². The van der Waals surface area contributed by atoms with Crippen molar-refractivity contribution in [3.63, 3.8) is 0 Å². The van der Waals surface area contributed by atoms with Crippen LogP contribution in [0.15, 0.2) is 58.3 Å². The average Bonchev–Trinajstić information content (AvgIpc) is 3.35. The molecular weight excluding hydrogens is 358 g/mol. The smallest absolute Gasteiger partial charge is 0.302 e. The Bertz CT molecular complexity index is 1240. The predicted molar refractivity (Wildman–Crippen MR) is 108 cm³/mol. The lowest BCUT2D eigenvalue weighted by atomic mass is 10.0. The van der Waals surface area contributed by atoms with Gasteiger partial charge in [0.2, 0.25) is 4.96 Å². The maximum Gasteiger partial charge on any atom is 0.302 e. The second-order valence-corrected chi connectivity index (χ2v) is 7.48. The number of anilines is 2. The Balaban J connectivity index is 1.48. The summed E-state index contributed by atoms with van der Waals surface area (Å²) in [6.45, 7) is 4.32. The maximum atomic E-state index is 5.79. The first kappa shape index (κ1) is 16.0. The molecule has 0 saturated carbocycles. The van der Waals surface area contributed by atoms with Crippen LogP contribution < -0.4 is 5.32 Å². The molecule has 5 rings (SSSR count). The van der Waals surface area contributed by atoms with E-state index in [9.17, 15) is 0 Å². The van der Waals surface area contributed by atoms with Crippen LogP contribution in [0.5, 0.6) is 0 Å². The lowest BCUT2D eigenvalue weighted by molar-refractivity contribution is 0.621. The van der Waals surface area contributed by atoms with Crippen molar-refractivity contribution in [2.24, 2.45) is 0 Å². The number of nitrogens with one attached hydrogen (secondary N) is 1. The molecule has 1 N–H and O–H groups in total. The van der Waals surface area contributed by atoms with E-state index in [0.717, 1.165) is 27.3 Å². The topological polar surface area (TPSA) is 68.2 Å². The van der Waals surface area contributed by atoms with Crippen molar-refractivity contribution in [2.75, 3.05) is 5.32 Å². The molecule has 6 nitrogen and oxygen atoms in total. The van der Waals surface area contributed by atoms with Crippen molar-refractivity contribution in [1.29, 1.82) is 0 Å². The second kappa shape index (κ2) is 6.21. The first-order chi connectivity index (χ1) is 13.2. The zero-order chi connectivity index (χ0) is 18.4. The van der Waals surface area contributed by atoms with Gasteiger partial charge >= 0.3 is 6.01 Å². The van der Waals surface area contributed by atoms with Gasteiger partial charge in [0.1, 0.15) is 5.52 Å². The van der Waals surface area contributed by atoms with Crippen LogP contribution >= 0.6 is 11.3 Å². The molecule has 3 aromatic heterocycles. The largest absolute Gasteiger partial charge is 0.423 e. The first-order valence-corrected chi connectivity index (χ1v) is 9.62. The highest BCUT2D eigenvalue weighted by Gasteiger charge is 2.14. The SMILES string of the molecule is CC(C)c1ccc2oc(Nc3nc4scc(-c5ccccc5)n4n3)nc2c1. The number of hydrogen-bond acceptors (Lipinski definition) is 6. The Kier molecular flexibility index (Phi) is 3.68. The minimum absolute atomic E-state index is 0.394. The number of fused-ring (bicyclic) bond motifs is 2. The molecule has 5 aromatic rings. The van der Waals surface area contributed by atoms with E-state index in [1.807, 2.05) is 28.8 Å². The molecule has 0 amide bonds. The van der Waals surface area contributed by atoms with Crippen molar-refractivity contribution >= 4 is 39.4 Å². The molecule has 0 bridgehead atoms. The molecule has 0 spiro atoms. The average molecular weight is 375 g/mol. The van der Waals surface area contributed by atoms with Gasteiger partial charge in [-0.2, -0.15) is 9.97 Å². The molecular formula is C20H17N5OS. The summed E-state index contributed by atoms with van der Waals surface area (Å²) in [6, 6.07) is 16.6. The second-order valence-electron chi connectivity index (χ2n) is 6.64. The van der Waals surface area contributed by atoms with Gasteiger partial charge in [-0.1, -0.05) is 50.2 Å². The van der Waals surface area contributed by atoms with Gasteiger partial charge in [0.15, 0.2) is 5.58 Å². The molecule has 0 saturated heterocycles. The molecule has 7 heteroatoms. The summed E-state index contributed by atoms with van der Waals surface area (Å²) in [5.41, 5.74) is 4.91. The normalized spacial score (nSPS) is 11.7. The van der Waals surface area contributed by atoms with Crippen LogP contribution in [0.25, 0.3) is 27.3 Å². The van der Waals surface area contributed by atoms with E-state index >= 15 is 0 Å². The molecule has 2 aromatic carbocycles. The maximum absolute atomic E-state index is 5.79. The Hall–Kier alpha value is -3.19. The van der Waals surface area contributed by atoms with Gasteiger partial charge in [0.05, 0.1) is 5.69 Å². The Morgan fingerprint density at radius 2 is 1.93 bits per heavy atom. The third-order valence-electron chi connectivity index (χ3n) is 4.45. The molecule has 0 fully saturated rings. The van der Waals surface area contributed by atoms with Crippen LogP contribution in [0.4, 0.5) is 12.0 Å². The monoisotopic (exact) mass is 375 g/mol. The molecule has 0 aliphatic heterocycles. The molecule has 0 unspecified atom stereocenters. The number of oxazole rings is 1. The van der Waals surface area contributed by atoms with Crippen molar-refractivity contribution in [3.8, 4) is 11.3 Å². The fourth-order valence-electron chi connectivity index (χ4n) is 2.99. The van der Waals surface area contributed by atoms with Crippen molar-refractivity contribution in [2.45, 2.75) is 19.8 Å². The van der Waals surface area contributed by atoms with E-state index in [4.69, 9.17) is 4.42 Å². The Labute approximate surface area is 159 Å². The summed E-state index contributed by atoms with van der Waals surface area (Å²) in [6.07, 6.45) is 0. The van der Waals surface area contributed by atoms with Gasteiger partial charge in [-0.3, -0.25) is 5.32 Å². The fraction of sp³-hybridized carbons (Fsp3) is 0.150. The van der Waals surface area contributed by atoms with Gasteiger partial charge in [-0.05, 0) is 23.6 Å². The number of benzene rings is 2. The minimum Gasteiger partial charge on any atom is -0.423 e. The molecule has 27 heavy (non-hydrogen) atoms. The van der Waals surface area contributed by atoms with Gasteiger partial charge in [-0.15, -0.1) is 16.4 Å². The van der Waals surface area contributed by atoms with E-state index in [2.05, 4.69) is 63.9 Å². The highest BCUT2D eigenvalue weighted by molar-refractivity contribution is 7.15. The summed E-state index contributed by atoms with van der Waals surface area (Å²) < 4.78 is 7.62. The standard InChI is InChI=1S/C20H17N5OS/c1-12(2)14-8-9-17-15(10-14)21-19(26-17)22-18-23-20-25(24-18)16(11-27-20)13-6-4-3-5-7-13/h3-12H,1-2H3,(H,21,22,24). The number of rotatable bonds is 4. The zero-order valence-corrected chi connectivity index (χ0v) is 15.7. The van der Waals surface area contributed by atoms with Crippen LogP contribution in [0.1, 0.15) is 25.3 Å². The van der Waals surface area contributed by atoms with Gasteiger partial charge in [0.25, 0.3) is 5.95 Å². The van der Waals surface area contributed by atoms with E-state index in [1.54, 1.807) is 11.3 Å². The summed E-state index contributed by atoms with van der Waals surface area (Å²) >= 11 is 1.55. The zero-order valence-electron chi connectivity index (χ0n) is 14.9. The number of thiazole rings is 1. The molecule has 0 radical (unpaired) electrons. The van der Waals surface area contributed by atoms with Crippen molar-refractivity contribution in [3.05, 3.63) is 59.5 Å². The van der Waals surface area contributed by atoms with Gasteiger partial charge in [-0.25, -0.2) is 4.52 Å². The van der Waals surface area contributed by atoms with E-state index in [0.29, 0.717) is 17.9 Å². The van der Waals surface area contributed by atoms with Crippen LogP contribution in [0.3, 0.4) is 0 Å². The fourth-order valence-corrected chi connectivity index (χ4v) is 3.83. The molecule has 0 aliphatic carbocycles. The summed E-state index contributed by atoms with van der Waals surface area (Å²) in [5, 5.41) is 9.70. The van der Waals surface area contributed by atoms with E-state index in [1.165, 1.54) is 5.56 Å². The first-order valence-electron chi connectivity index (χ1n) is 8.74. The minimum atomic E-state index is 0.394. The van der Waals surface area contributed by atoms with Crippen LogP contribution in [0, 0.1) is 0 Å². The van der Waals surface area contributed by atoms with Gasteiger partial charge < -0.3 is 4.42 Å². The number of hydrogen-bond donors (Lipinski definition) is 1. The Morgan fingerprint density at radius 3 is 2.74 bits per heavy atom. The van der Waals surface area contributed by atoms with Crippen LogP contribution in [-0.4, -0.2) is 19.6 Å². The van der Waals surface area contributed by atoms with E-state index < -0.39 is 0 Å². The number of nitrogens with zero attached hydrogens (tertiary/aromatic N) is 4. The summed E-state index contributed by atoms with van der Waals surface area (Å²) in [7, 11) is 0. The summed E-state index contributed by atoms with van der Waals surface area (Å²) in [4.78, 5) is 9.87. The molecule has 134 valence electrons. The van der Waals surface area contributed by atoms with E-state index in [-0.39, 0.29) is 0 Å². The quantitative estimate of drug-likeness (QED) is 0.451.